The van der Waals surface area contributed by atoms with Crippen LogP contribution in [0.1, 0.15) is 11.3 Å². The molecule has 1 heterocycles. The van der Waals surface area contributed by atoms with E-state index in [0.29, 0.717) is 17.1 Å². The molecule has 0 saturated carbocycles. The van der Waals surface area contributed by atoms with E-state index >= 15 is 0 Å². The molecule has 0 aliphatic carbocycles. The molecule has 0 amide bonds. The second-order valence-electron chi connectivity index (χ2n) is 4.06. The first-order chi connectivity index (χ1) is 9.66. The zero-order chi connectivity index (χ0) is 14.4. The highest BCUT2D eigenvalue weighted by atomic mass is 35.5. The standard InChI is InChI=1S/C14H13Cl2N3O/c15-11-7-10(14(20)13(16)8-11)9-19-18-6-4-12-3-1-2-5-17-12/h1-3,5,7-9,18,20H,4,6H2. The smallest absolute Gasteiger partial charge is 0.143 e. The Kier molecular flexibility index (Phi) is 5.21. The van der Waals surface area contributed by atoms with Crippen LogP contribution in [0, 0.1) is 0 Å². The quantitative estimate of drug-likeness (QED) is 0.506. The van der Waals surface area contributed by atoms with Crippen LogP contribution in [0.2, 0.25) is 10.0 Å². The molecule has 0 bridgehead atoms. The minimum Gasteiger partial charge on any atom is -0.506 e. The fourth-order valence-electron chi connectivity index (χ4n) is 1.59. The zero-order valence-corrected chi connectivity index (χ0v) is 12.1. The maximum atomic E-state index is 9.74. The van der Waals surface area contributed by atoms with Crippen LogP contribution in [0.25, 0.3) is 0 Å². The van der Waals surface area contributed by atoms with Gasteiger partial charge in [-0.05, 0) is 24.3 Å². The van der Waals surface area contributed by atoms with Gasteiger partial charge in [0.2, 0.25) is 0 Å². The molecule has 1 aromatic heterocycles. The Hall–Kier alpha value is -1.78. The number of phenols is 1. The fourth-order valence-corrected chi connectivity index (χ4v) is 2.10. The average molecular weight is 310 g/mol. The molecule has 1 aromatic carbocycles. The van der Waals surface area contributed by atoms with Crippen LogP contribution in [-0.2, 0) is 6.42 Å². The van der Waals surface area contributed by atoms with Gasteiger partial charge in [0.1, 0.15) is 5.75 Å². The van der Waals surface area contributed by atoms with Gasteiger partial charge in [-0.3, -0.25) is 4.98 Å². The molecule has 6 heteroatoms. The van der Waals surface area contributed by atoms with Gasteiger partial charge in [-0.15, -0.1) is 0 Å². The Morgan fingerprint density at radius 1 is 1.30 bits per heavy atom. The molecular weight excluding hydrogens is 297 g/mol. The highest BCUT2D eigenvalue weighted by molar-refractivity contribution is 6.36. The van der Waals surface area contributed by atoms with Crippen LogP contribution in [0.15, 0.2) is 41.6 Å². The molecule has 2 N–H and O–H groups in total. The molecule has 0 unspecified atom stereocenters. The van der Waals surface area contributed by atoms with E-state index in [2.05, 4.69) is 15.5 Å². The van der Waals surface area contributed by atoms with Crippen LogP contribution in [0.3, 0.4) is 0 Å². The number of benzene rings is 1. The van der Waals surface area contributed by atoms with E-state index in [1.165, 1.54) is 12.3 Å². The summed E-state index contributed by atoms with van der Waals surface area (Å²) in [4.78, 5) is 4.21. The van der Waals surface area contributed by atoms with Gasteiger partial charge in [0.15, 0.2) is 0 Å². The maximum absolute atomic E-state index is 9.74. The van der Waals surface area contributed by atoms with E-state index in [1.807, 2.05) is 18.2 Å². The largest absolute Gasteiger partial charge is 0.506 e. The van der Waals surface area contributed by atoms with Crippen LogP contribution < -0.4 is 5.43 Å². The molecule has 4 nitrogen and oxygen atoms in total. The van der Waals surface area contributed by atoms with Gasteiger partial charge in [0.05, 0.1) is 11.2 Å². The normalized spacial score (nSPS) is 10.9. The van der Waals surface area contributed by atoms with Crippen molar-refractivity contribution >= 4 is 29.4 Å². The van der Waals surface area contributed by atoms with Crippen LogP contribution in [-0.4, -0.2) is 22.8 Å². The molecule has 0 aliphatic heterocycles. The summed E-state index contributed by atoms with van der Waals surface area (Å²) in [5.41, 5.74) is 4.34. The van der Waals surface area contributed by atoms with Gasteiger partial charge < -0.3 is 10.5 Å². The number of halogens is 2. The molecule has 2 rings (SSSR count). The lowest BCUT2D eigenvalue weighted by atomic mass is 10.2. The highest BCUT2D eigenvalue weighted by Crippen LogP contribution is 2.29. The third-order valence-corrected chi connectivity index (χ3v) is 3.08. The second kappa shape index (κ2) is 7.12. The third-order valence-electron chi connectivity index (χ3n) is 2.57. The van der Waals surface area contributed by atoms with Crippen molar-refractivity contribution in [2.45, 2.75) is 6.42 Å². The van der Waals surface area contributed by atoms with Crippen LogP contribution in [0.4, 0.5) is 0 Å². The molecular formula is C14H13Cl2N3O. The van der Waals surface area contributed by atoms with E-state index in [4.69, 9.17) is 23.2 Å². The number of phenolic OH excluding ortho intramolecular Hbond substituents is 1. The number of hydrazone groups is 1. The summed E-state index contributed by atoms with van der Waals surface area (Å²) in [7, 11) is 0. The minimum absolute atomic E-state index is 0.0358. The molecule has 0 saturated heterocycles. The highest BCUT2D eigenvalue weighted by Gasteiger charge is 2.05. The number of aromatic nitrogens is 1. The van der Waals surface area contributed by atoms with E-state index in [1.54, 1.807) is 12.3 Å². The molecule has 0 aliphatic rings. The first kappa shape index (κ1) is 14.6. The molecule has 0 spiro atoms. The summed E-state index contributed by atoms with van der Waals surface area (Å²) in [6, 6.07) is 8.84. The van der Waals surface area contributed by atoms with Crippen molar-refractivity contribution in [2.24, 2.45) is 5.10 Å². The second-order valence-corrected chi connectivity index (χ2v) is 4.91. The van der Waals surface area contributed by atoms with E-state index in [-0.39, 0.29) is 10.8 Å². The predicted molar refractivity (Wildman–Crippen MR) is 81.7 cm³/mol. The van der Waals surface area contributed by atoms with Crippen molar-refractivity contribution in [3.8, 4) is 5.75 Å². The Labute approximate surface area is 127 Å². The molecule has 104 valence electrons. The molecule has 0 radical (unpaired) electrons. The average Bonchev–Trinajstić information content (AvgIpc) is 2.44. The number of rotatable bonds is 5. The topological polar surface area (TPSA) is 57.5 Å². The summed E-state index contributed by atoms with van der Waals surface area (Å²) in [6.45, 7) is 0.641. The van der Waals surface area contributed by atoms with Crippen molar-refractivity contribution in [3.63, 3.8) is 0 Å². The first-order valence-electron chi connectivity index (χ1n) is 6.00. The first-order valence-corrected chi connectivity index (χ1v) is 6.76. The molecule has 0 atom stereocenters. The Balaban J connectivity index is 1.88. The lowest BCUT2D eigenvalue weighted by Gasteiger charge is -2.03. The van der Waals surface area contributed by atoms with E-state index in [0.717, 1.165) is 12.1 Å². The lowest BCUT2D eigenvalue weighted by molar-refractivity contribution is 0.474. The van der Waals surface area contributed by atoms with Gasteiger partial charge in [0.25, 0.3) is 0 Å². The Morgan fingerprint density at radius 3 is 2.90 bits per heavy atom. The van der Waals surface area contributed by atoms with Gasteiger partial charge in [-0.25, -0.2) is 0 Å². The monoisotopic (exact) mass is 309 g/mol. The zero-order valence-electron chi connectivity index (χ0n) is 10.6. The number of pyridine rings is 1. The summed E-state index contributed by atoms with van der Waals surface area (Å²) in [6.07, 6.45) is 4.00. The number of hydrogen-bond donors (Lipinski definition) is 2. The maximum Gasteiger partial charge on any atom is 0.143 e. The van der Waals surface area contributed by atoms with Crippen molar-refractivity contribution in [2.75, 3.05) is 6.54 Å². The molecule has 0 fully saturated rings. The van der Waals surface area contributed by atoms with Gasteiger partial charge in [0, 0.05) is 35.4 Å². The number of nitrogens with one attached hydrogen (secondary N) is 1. The minimum atomic E-state index is -0.0358. The van der Waals surface area contributed by atoms with Crippen molar-refractivity contribution in [1.29, 1.82) is 0 Å². The van der Waals surface area contributed by atoms with Gasteiger partial charge >= 0.3 is 0 Å². The number of hydrogen-bond acceptors (Lipinski definition) is 4. The van der Waals surface area contributed by atoms with Gasteiger partial charge in [-0.1, -0.05) is 29.3 Å². The van der Waals surface area contributed by atoms with Crippen molar-refractivity contribution in [1.82, 2.24) is 10.4 Å². The van der Waals surface area contributed by atoms with Crippen molar-refractivity contribution in [3.05, 3.63) is 57.8 Å². The Morgan fingerprint density at radius 2 is 2.15 bits per heavy atom. The third kappa shape index (κ3) is 4.11. The van der Waals surface area contributed by atoms with E-state index < -0.39 is 0 Å². The van der Waals surface area contributed by atoms with Crippen LogP contribution in [0.5, 0.6) is 5.75 Å². The Bertz CT molecular complexity index is 603. The summed E-state index contributed by atoms with van der Waals surface area (Å²) < 4.78 is 0. The SMILES string of the molecule is Oc1c(Cl)cc(Cl)cc1C=NNCCc1ccccn1. The lowest BCUT2D eigenvalue weighted by Crippen LogP contribution is -2.11. The molecule has 2 aromatic rings. The van der Waals surface area contributed by atoms with Crippen LogP contribution >= 0.6 is 23.2 Å². The summed E-state index contributed by atoms with van der Waals surface area (Å²) in [5.74, 6) is -0.0358. The fraction of sp³-hybridized carbons (Fsp3) is 0.143. The summed E-state index contributed by atoms with van der Waals surface area (Å²) >= 11 is 11.7. The number of aromatic hydroxyl groups is 1. The summed E-state index contributed by atoms with van der Waals surface area (Å²) in [5, 5.41) is 14.4. The van der Waals surface area contributed by atoms with E-state index in [9.17, 15) is 5.11 Å². The van der Waals surface area contributed by atoms with Crippen molar-refractivity contribution < 1.29 is 5.11 Å². The predicted octanol–water partition coefficient (Wildman–Crippen LogP) is 3.26. The number of nitrogens with zero attached hydrogens (tertiary/aromatic N) is 2. The molecule has 20 heavy (non-hydrogen) atoms. The van der Waals surface area contributed by atoms with Gasteiger partial charge in [-0.2, -0.15) is 5.10 Å².